The minimum atomic E-state index is 0.613. The Kier molecular flexibility index (Phi) is 3.28. The summed E-state index contributed by atoms with van der Waals surface area (Å²) >= 11 is 2.61. The van der Waals surface area contributed by atoms with Gasteiger partial charge in [-0.3, -0.25) is 0 Å². The molecule has 6 rings (SSSR count). The molecule has 1 atom stereocenters. The molecule has 0 nitrogen and oxygen atoms in total. The molecule has 0 saturated carbocycles. The Morgan fingerprint density at radius 1 is 0.941 bits per heavy atom. The Morgan fingerprint density at radius 2 is 1.53 bits per heavy atom. The van der Waals surface area contributed by atoms with E-state index < -0.39 is 0 Å². The van der Waals surface area contributed by atoms with Crippen LogP contribution in [0.25, 0.3) is 11.1 Å². The van der Waals surface area contributed by atoms with E-state index >= 15 is 0 Å². The summed E-state index contributed by atoms with van der Waals surface area (Å²) in [6.07, 6.45) is 0. The molecule has 2 aromatic carbocycles. The molecule has 0 radical (unpaired) electrons. The van der Waals surface area contributed by atoms with Crippen molar-refractivity contribution in [2.24, 2.45) is 0 Å². The molecule has 4 bridgehead atoms. The third kappa shape index (κ3) is 2.60. The molecular weight excluding hydrogens is 291 g/mol. The SMILES string of the molecule is CC1C[Se]c2ccc(cc2)-c2ccc(cc2)S1. The molecule has 0 aliphatic carbocycles. The topological polar surface area (TPSA) is 0 Å². The van der Waals surface area contributed by atoms with Gasteiger partial charge >= 0.3 is 113 Å². The van der Waals surface area contributed by atoms with Gasteiger partial charge in [0.2, 0.25) is 0 Å². The standard InChI is InChI=1S/C15H14SSe/c1-11-10-17-15-8-4-13(5-9-15)12-2-6-14(16-11)7-3-12/h2-9,11H,10H2,1H3. The summed E-state index contributed by atoms with van der Waals surface area (Å²) in [4.78, 5) is 1.40. The molecule has 4 aliphatic rings. The molecule has 0 amide bonds. The van der Waals surface area contributed by atoms with Crippen LogP contribution in [0.1, 0.15) is 6.92 Å². The summed E-state index contributed by atoms with van der Waals surface area (Å²) in [7, 11) is 0. The first kappa shape index (κ1) is 11.4. The fraction of sp³-hybridized carbons (Fsp3) is 0.200. The summed E-state index contributed by atoms with van der Waals surface area (Å²) in [5.74, 6) is 0. The van der Waals surface area contributed by atoms with Crippen molar-refractivity contribution in [1.82, 2.24) is 0 Å². The number of rotatable bonds is 0. The minimum absolute atomic E-state index is 0.613. The first-order valence-electron chi connectivity index (χ1n) is 5.81. The first-order valence-corrected chi connectivity index (χ1v) is 8.76. The van der Waals surface area contributed by atoms with Crippen LogP contribution in [-0.4, -0.2) is 20.2 Å². The molecule has 4 aliphatic heterocycles. The predicted octanol–water partition coefficient (Wildman–Crippen LogP) is 3.60. The average molecular weight is 305 g/mol. The van der Waals surface area contributed by atoms with Crippen LogP contribution in [0, 0.1) is 0 Å². The van der Waals surface area contributed by atoms with Gasteiger partial charge in [0.05, 0.1) is 0 Å². The Hall–Kier alpha value is -0.691. The summed E-state index contributed by atoms with van der Waals surface area (Å²) < 4.78 is 1.52. The molecule has 0 saturated heterocycles. The van der Waals surface area contributed by atoms with Crippen molar-refractivity contribution in [3.8, 4) is 11.1 Å². The van der Waals surface area contributed by atoms with Crippen molar-refractivity contribution in [3.05, 3.63) is 48.5 Å². The zero-order valence-electron chi connectivity index (χ0n) is 9.72. The maximum absolute atomic E-state index is 2.33. The van der Waals surface area contributed by atoms with E-state index in [1.54, 1.807) is 0 Å². The maximum atomic E-state index is 2.33. The molecule has 0 fully saturated rings. The second-order valence-corrected chi connectivity index (χ2v) is 8.09. The first-order chi connectivity index (χ1) is 8.31. The van der Waals surface area contributed by atoms with Crippen molar-refractivity contribution in [2.75, 3.05) is 0 Å². The predicted molar refractivity (Wildman–Crippen MR) is 77.4 cm³/mol. The molecule has 17 heavy (non-hydrogen) atoms. The monoisotopic (exact) mass is 306 g/mol. The Bertz CT molecular complexity index is 501. The number of thioether (sulfide) groups is 1. The van der Waals surface area contributed by atoms with Gasteiger partial charge in [0.1, 0.15) is 0 Å². The van der Waals surface area contributed by atoms with Crippen LogP contribution in [0.2, 0.25) is 5.32 Å². The van der Waals surface area contributed by atoms with Crippen molar-refractivity contribution in [1.29, 1.82) is 0 Å². The second kappa shape index (κ2) is 4.89. The van der Waals surface area contributed by atoms with E-state index in [1.807, 2.05) is 11.8 Å². The van der Waals surface area contributed by atoms with Crippen molar-refractivity contribution < 1.29 is 0 Å². The molecular formula is C15H14SSe. The van der Waals surface area contributed by atoms with Crippen molar-refractivity contribution >= 4 is 31.2 Å². The molecule has 0 N–H and O–H groups in total. The van der Waals surface area contributed by atoms with E-state index in [9.17, 15) is 0 Å². The zero-order valence-corrected chi connectivity index (χ0v) is 12.2. The molecule has 0 aromatic heterocycles. The van der Waals surface area contributed by atoms with Gasteiger partial charge in [-0.05, 0) is 0 Å². The summed E-state index contributed by atoms with van der Waals surface area (Å²) in [6.45, 7) is 2.33. The third-order valence-electron chi connectivity index (χ3n) is 2.86. The Balaban J connectivity index is 2.08. The Morgan fingerprint density at radius 3 is 2.18 bits per heavy atom. The van der Waals surface area contributed by atoms with Gasteiger partial charge < -0.3 is 0 Å². The van der Waals surface area contributed by atoms with Gasteiger partial charge in [-0.15, -0.1) is 0 Å². The van der Waals surface area contributed by atoms with Gasteiger partial charge in [0.25, 0.3) is 0 Å². The molecule has 2 heteroatoms. The molecule has 2 aromatic rings. The molecule has 1 unspecified atom stereocenters. The fourth-order valence-electron chi connectivity index (χ4n) is 1.95. The Labute approximate surface area is 113 Å². The van der Waals surface area contributed by atoms with Gasteiger partial charge in [-0.25, -0.2) is 0 Å². The van der Waals surface area contributed by atoms with Crippen LogP contribution in [0.3, 0.4) is 0 Å². The molecule has 4 heterocycles. The number of benzene rings is 2. The van der Waals surface area contributed by atoms with E-state index in [1.165, 1.54) is 25.8 Å². The normalized spacial score (nSPS) is 18.8. The van der Waals surface area contributed by atoms with Gasteiger partial charge in [-0.1, -0.05) is 0 Å². The van der Waals surface area contributed by atoms with E-state index in [0.29, 0.717) is 20.2 Å². The average Bonchev–Trinajstić information content (AvgIpc) is 2.36. The number of hydrogen-bond acceptors (Lipinski definition) is 1. The van der Waals surface area contributed by atoms with E-state index in [-0.39, 0.29) is 0 Å². The molecule has 86 valence electrons. The summed E-state index contributed by atoms with van der Waals surface area (Å²) in [6, 6.07) is 18.1. The zero-order chi connectivity index (χ0) is 11.7. The van der Waals surface area contributed by atoms with Crippen LogP contribution >= 0.6 is 11.8 Å². The summed E-state index contributed by atoms with van der Waals surface area (Å²) in [5.41, 5.74) is 2.65. The van der Waals surface area contributed by atoms with Crippen LogP contribution in [-0.2, 0) is 0 Å². The van der Waals surface area contributed by atoms with Crippen molar-refractivity contribution in [3.63, 3.8) is 0 Å². The van der Waals surface area contributed by atoms with Crippen LogP contribution < -0.4 is 4.46 Å². The number of hydrogen-bond donors (Lipinski definition) is 0. The third-order valence-corrected chi connectivity index (χ3v) is 7.12. The quantitative estimate of drug-likeness (QED) is 0.670. The second-order valence-electron chi connectivity index (χ2n) is 4.29. The van der Waals surface area contributed by atoms with Crippen LogP contribution in [0.15, 0.2) is 53.4 Å². The van der Waals surface area contributed by atoms with Crippen LogP contribution in [0.5, 0.6) is 0 Å². The molecule has 0 spiro atoms. The van der Waals surface area contributed by atoms with Crippen LogP contribution in [0.4, 0.5) is 0 Å². The summed E-state index contributed by atoms with van der Waals surface area (Å²) in [5, 5.41) is 2.01. The van der Waals surface area contributed by atoms with Gasteiger partial charge in [0, 0.05) is 0 Å². The van der Waals surface area contributed by atoms with E-state index in [2.05, 4.69) is 55.5 Å². The van der Waals surface area contributed by atoms with E-state index in [4.69, 9.17) is 0 Å². The van der Waals surface area contributed by atoms with E-state index in [0.717, 1.165) is 0 Å². The van der Waals surface area contributed by atoms with Crippen molar-refractivity contribution in [2.45, 2.75) is 22.4 Å². The van der Waals surface area contributed by atoms with Gasteiger partial charge in [0.15, 0.2) is 0 Å². The van der Waals surface area contributed by atoms with Gasteiger partial charge in [-0.2, -0.15) is 0 Å². The fourth-order valence-corrected chi connectivity index (χ4v) is 5.14.